The van der Waals surface area contributed by atoms with Crippen molar-refractivity contribution in [3.8, 4) is 0 Å². The van der Waals surface area contributed by atoms with Gasteiger partial charge in [-0.2, -0.15) is 0 Å². The standard InChI is InChI=1S/C13H11Br2FO2/c1-7-4-9(16)3-2-8(7)5-11(17)12-6-10(14)13(15)18-12/h2-4,6,11,17H,5H2,1H3. The minimum Gasteiger partial charge on any atom is -0.450 e. The molecule has 0 spiro atoms. The fourth-order valence-electron chi connectivity index (χ4n) is 1.72. The maximum atomic E-state index is 13.0. The van der Waals surface area contributed by atoms with E-state index in [9.17, 15) is 9.50 Å². The molecule has 18 heavy (non-hydrogen) atoms. The quantitative estimate of drug-likeness (QED) is 0.852. The van der Waals surface area contributed by atoms with Crippen LogP contribution in [0.1, 0.15) is 23.0 Å². The molecule has 0 saturated carbocycles. The molecule has 2 aromatic rings. The van der Waals surface area contributed by atoms with Crippen LogP contribution in [0, 0.1) is 12.7 Å². The smallest absolute Gasteiger partial charge is 0.183 e. The summed E-state index contributed by atoms with van der Waals surface area (Å²) in [6.07, 6.45) is -0.366. The predicted octanol–water partition coefficient (Wildman–Crippen LogP) is 4.53. The lowest BCUT2D eigenvalue weighted by Gasteiger charge is -2.10. The number of hydrogen-bond donors (Lipinski definition) is 1. The topological polar surface area (TPSA) is 33.4 Å². The van der Waals surface area contributed by atoms with Crippen LogP contribution in [-0.2, 0) is 6.42 Å². The molecule has 1 N–H and O–H groups in total. The highest BCUT2D eigenvalue weighted by Crippen LogP contribution is 2.31. The number of benzene rings is 1. The molecule has 0 aliphatic carbocycles. The van der Waals surface area contributed by atoms with Gasteiger partial charge in [0.2, 0.25) is 0 Å². The SMILES string of the molecule is Cc1cc(F)ccc1CC(O)c1cc(Br)c(Br)o1. The Hall–Kier alpha value is -0.650. The van der Waals surface area contributed by atoms with E-state index in [4.69, 9.17) is 4.42 Å². The summed E-state index contributed by atoms with van der Waals surface area (Å²) in [5, 5.41) is 10.1. The van der Waals surface area contributed by atoms with Crippen LogP contribution in [0.4, 0.5) is 4.39 Å². The minimum absolute atomic E-state index is 0.269. The van der Waals surface area contributed by atoms with Crippen molar-refractivity contribution >= 4 is 31.9 Å². The summed E-state index contributed by atoms with van der Waals surface area (Å²) < 4.78 is 19.6. The van der Waals surface area contributed by atoms with Crippen LogP contribution in [0.2, 0.25) is 0 Å². The number of halogens is 3. The molecule has 1 atom stereocenters. The van der Waals surface area contributed by atoms with Crippen molar-refractivity contribution in [2.45, 2.75) is 19.4 Å². The van der Waals surface area contributed by atoms with Gasteiger partial charge in [0, 0.05) is 6.42 Å². The zero-order valence-corrected chi connectivity index (χ0v) is 12.8. The molecule has 0 aliphatic rings. The van der Waals surface area contributed by atoms with E-state index < -0.39 is 6.10 Å². The number of rotatable bonds is 3. The van der Waals surface area contributed by atoms with E-state index in [2.05, 4.69) is 31.9 Å². The molecular formula is C13H11Br2FO2. The summed E-state index contributed by atoms with van der Waals surface area (Å²) in [7, 11) is 0. The van der Waals surface area contributed by atoms with Gasteiger partial charge in [0.05, 0.1) is 4.47 Å². The van der Waals surface area contributed by atoms with Crippen molar-refractivity contribution in [2.24, 2.45) is 0 Å². The van der Waals surface area contributed by atoms with Crippen LogP contribution in [0.3, 0.4) is 0 Å². The van der Waals surface area contributed by atoms with E-state index in [1.165, 1.54) is 12.1 Å². The van der Waals surface area contributed by atoms with E-state index in [0.717, 1.165) is 15.6 Å². The first kappa shape index (κ1) is 13.8. The zero-order chi connectivity index (χ0) is 13.3. The zero-order valence-electron chi connectivity index (χ0n) is 9.58. The maximum absolute atomic E-state index is 13.0. The molecule has 0 aliphatic heterocycles. The van der Waals surface area contributed by atoms with E-state index in [1.807, 2.05) is 6.92 Å². The highest BCUT2D eigenvalue weighted by atomic mass is 79.9. The number of hydrogen-bond acceptors (Lipinski definition) is 2. The van der Waals surface area contributed by atoms with Gasteiger partial charge in [-0.15, -0.1) is 0 Å². The van der Waals surface area contributed by atoms with Crippen LogP contribution in [-0.4, -0.2) is 5.11 Å². The lowest BCUT2D eigenvalue weighted by Crippen LogP contribution is -2.02. The molecule has 1 unspecified atom stereocenters. The highest BCUT2D eigenvalue weighted by Gasteiger charge is 2.16. The van der Waals surface area contributed by atoms with Crippen molar-refractivity contribution in [3.63, 3.8) is 0 Å². The molecular weight excluding hydrogens is 367 g/mol. The minimum atomic E-state index is -0.753. The number of aliphatic hydroxyl groups is 1. The Morgan fingerprint density at radius 3 is 2.61 bits per heavy atom. The van der Waals surface area contributed by atoms with Crippen LogP contribution in [0.15, 0.2) is 37.8 Å². The molecule has 1 aromatic carbocycles. The van der Waals surface area contributed by atoms with E-state index in [0.29, 0.717) is 16.9 Å². The van der Waals surface area contributed by atoms with E-state index >= 15 is 0 Å². The van der Waals surface area contributed by atoms with Gasteiger partial charge in [-0.3, -0.25) is 0 Å². The summed E-state index contributed by atoms with van der Waals surface area (Å²) in [4.78, 5) is 0. The average molecular weight is 378 g/mol. The average Bonchev–Trinajstić information content (AvgIpc) is 2.63. The summed E-state index contributed by atoms with van der Waals surface area (Å²) in [6, 6.07) is 6.24. The largest absolute Gasteiger partial charge is 0.450 e. The highest BCUT2D eigenvalue weighted by molar-refractivity contribution is 9.13. The predicted molar refractivity (Wildman–Crippen MR) is 73.9 cm³/mol. The van der Waals surface area contributed by atoms with Crippen LogP contribution < -0.4 is 0 Å². The first-order valence-electron chi connectivity index (χ1n) is 5.35. The van der Waals surface area contributed by atoms with Crippen LogP contribution in [0.5, 0.6) is 0 Å². The summed E-state index contributed by atoms with van der Waals surface area (Å²) >= 11 is 6.51. The maximum Gasteiger partial charge on any atom is 0.183 e. The molecule has 0 radical (unpaired) electrons. The summed E-state index contributed by atoms with van der Waals surface area (Å²) in [5.41, 5.74) is 1.71. The third-order valence-corrected chi connectivity index (χ3v) is 4.42. The molecule has 5 heteroatoms. The Kier molecular flexibility index (Phi) is 4.25. The second-order valence-corrected chi connectivity index (χ2v) is 5.64. The first-order chi connectivity index (χ1) is 8.47. The van der Waals surface area contributed by atoms with Gasteiger partial charge in [-0.25, -0.2) is 4.39 Å². The second-order valence-electron chi connectivity index (χ2n) is 4.06. The Balaban J connectivity index is 2.18. The van der Waals surface area contributed by atoms with E-state index in [1.54, 1.807) is 12.1 Å². The molecule has 1 heterocycles. The van der Waals surface area contributed by atoms with Crippen molar-refractivity contribution in [1.82, 2.24) is 0 Å². The Labute approximate surface area is 121 Å². The lowest BCUT2D eigenvalue weighted by molar-refractivity contribution is 0.148. The van der Waals surface area contributed by atoms with Crippen molar-refractivity contribution in [1.29, 1.82) is 0 Å². The van der Waals surface area contributed by atoms with Gasteiger partial charge in [0.1, 0.15) is 17.7 Å². The first-order valence-corrected chi connectivity index (χ1v) is 6.94. The van der Waals surface area contributed by atoms with Gasteiger partial charge in [-0.05, 0) is 68.1 Å². The van der Waals surface area contributed by atoms with Crippen molar-refractivity contribution < 1.29 is 13.9 Å². The molecule has 0 fully saturated rings. The molecule has 1 aromatic heterocycles. The number of aliphatic hydroxyl groups excluding tert-OH is 1. The van der Waals surface area contributed by atoms with Crippen molar-refractivity contribution in [3.05, 3.63) is 56.1 Å². The van der Waals surface area contributed by atoms with E-state index in [-0.39, 0.29) is 5.82 Å². The molecule has 0 bridgehead atoms. The van der Waals surface area contributed by atoms with Gasteiger partial charge in [0.25, 0.3) is 0 Å². The lowest BCUT2D eigenvalue weighted by atomic mass is 10.0. The summed E-state index contributed by atoms with van der Waals surface area (Å²) in [6.45, 7) is 1.82. The molecule has 2 nitrogen and oxygen atoms in total. The van der Waals surface area contributed by atoms with Gasteiger partial charge in [0.15, 0.2) is 4.67 Å². The van der Waals surface area contributed by atoms with Gasteiger partial charge >= 0.3 is 0 Å². The molecule has 0 amide bonds. The molecule has 96 valence electrons. The van der Waals surface area contributed by atoms with Crippen LogP contribution >= 0.6 is 31.9 Å². The fraction of sp³-hybridized carbons (Fsp3) is 0.231. The number of aryl methyl sites for hydroxylation is 1. The third kappa shape index (κ3) is 3.02. The normalized spacial score (nSPS) is 12.7. The van der Waals surface area contributed by atoms with Gasteiger partial charge in [-0.1, -0.05) is 6.07 Å². The van der Waals surface area contributed by atoms with Gasteiger partial charge < -0.3 is 9.52 Å². The second kappa shape index (κ2) is 5.55. The number of furan rings is 1. The van der Waals surface area contributed by atoms with Crippen molar-refractivity contribution in [2.75, 3.05) is 0 Å². The fourth-order valence-corrected chi connectivity index (χ4v) is 2.33. The molecule has 0 saturated heterocycles. The van der Waals surface area contributed by atoms with Crippen LogP contribution in [0.25, 0.3) is 0 Å². The molecule has 2 rings (SSSR count). The Morgan fingerprint density at radius 1 is 1.33 bits per heavy atom. The summed E-state index contributed by atoms with van der Waals surface area (Å²) in [5.74, 6) is 0.201. The monoisotopic (exact) mass is 376 g/mol. The Morgan fingerprint density at radius 2 is 2.06 bits per heavy atom. The Bertz CT molecular complexity index is 547. The third-order valence-electron chi connectivity index (χ3n) is 2.71.